The van der Waals surface area contributed by atoms with Crippen molar-refractivity contribution in [2.75, 3.05) is 26.2 Å². The number of nitrogens with zero attached hydrogens (tertiary/aromatic N) is 1. The van der Waals surface area contributed by atoms with E-state index in [1.54, 1.807) is 12.1 Å². The Bertz CT molecular complexity index is 417. The van der Waals surface area contributed by atoms with Crippen molar-refractivity contribution in [2.45, 2.75) is 45.8 Å². The molecule has 120 valence electrons. The molecule has 0 aliphatic carbocycles. The SMILES string of the molecule is CCNC(CCN(CC)CC(C)(C)O)c1cccc(F)c1. The maximum atomic E-state index is 13.4. The number of rotatable bonds is 9. The molecule has 0 radical (unpaired) electrons. The first-order valence-corrected chi connectivity index (χ1v) is 7.79. The normalized spacial score (nSPS) is 13.7. The van der Waals surface area contributed by atoms with Gasteiger partial charge in [-0.05, 0) is 51.1 Å². The lowest BCUT2D eigenvalue weighted by atomic mass is 10.0. The van der Waals surface area contributed by atoms with Crippen molar-refractivity contribution < 1.29 is 9.50 Å². The van der Waals surface area contributed by atoms with Gasteiger partial charge in [-0.2, -0.15) is 0 Å². The number of aliphatic hydroxyl groups is 1. The fourth-order valence-electron chi connectivity index (χ4n) is 2.56. The van der Waals surface area contributed by atoms with E-state index in [9.17, 15) is 9.50 Å². The summed E-state index contributed by atoms with van der Waals surface area (Å²) < 4.78 is 13.4. The molecule has 0 bridgehead atoms. The molecular formula is C17H29FN2O. The predicted octanol–water partition coefficient (Wildman–Crippen LogP) is 2.96. The Morgan fingerprint density at radius 2 is 2.05 bits per heavy atom. The molecular weight excluding hydrogens is 267 g/mol. The van der Waals surface area contributed by atoms with Crippen LogP contribution in [-0.4, -0.2) is 41.8 Å². The molecule has 0 spiro atoms. The minimum atomic E-state index is -0.692. The van der Waals surface area contributed by atoms with Crippen molar-refractivity contribution in [1.29, 1.82) is 0 Å². The molecule has 1 atom stereocenters. The highest BCUT2D eigenvalue weighted by Crippen LogP contribution is 2.19. The number of hydrogen-bond donors (Lipinski definition) is 2. The molecule has 3 nitrogen and oxygen atoms in total. The minimum absolute atomic E-state index is 0.140. The quantitative estimate of drug-likeness (QED) is 0.735. The molecule has 4 heteroatoms. The van der Waals surface area contributed by atoms with E-state index in [-0.39, 0.29) is 11.9 Å². The third-order valence-electron chi connectivity index (χ3n) is 3.49. The van der Waals surface area contributed by atoms with E-state index in [0.717, 1.165) is 31.6 Å². The predicted molar refractivity (Wildman–Crippen MR) is 85.8 cm³/mol. The van der Waals surface area contributed by atoms with Crippen LogP contribution in [-0.2, 0) is 0 Å². The Kier molecular flexibility index (Phi) is 7.29. The van der Waals surface area contributed by atoms with Gasteiger partial charge in [-0.1, -0.05) is 26.0 Å². The fraction of sp³-hybridized carbons (Fsp3) is 0.647. The van der Waals surface area contributed by atoms with Gasteiger partial charge in [0.15, 0.2) is 0 Å². The van der Waals surface area contributed by atoms with Gasteiger partial charge in [-0.3, -0.25) is 0 Å². The van der Waals surface area contributed by atoms with Crippen LogP contribution in [0.3, 0.4) is 0 Å². The lowest BCUT2D eigenvalue weighted by Crippen LogP contribution is -2.40. The van der Waals surface area contributed by atoms with E-state index in [0.29, 0.717) is 6.54 Å². The molecule has 1 aromatic rings. The third-order valence-corrected chi connectivity index (χ3v) is 3.49. The zero-order valence-corrected chi connectivity index (χ0v) is 13.7. The highest BCUT2D eigenvalue weighted by atomic mass is 19.1. The number of likely N-dealkylation sites (N-methyl/N-ethyl adjacent to an activating group) is 1. The van der Waals surface area contributed by atoms with E-state index < -0.39 is 5.60 Å². The highest BCUT2D eigenvalue weighted by molar-refractivity contribution is 5.20. The number of nitrogens with one attached hydrogen (secondary N) is 1. The van der Waals surface area contributed by atoms with Crippen molar-refractivity contribution in [1.82, 2.24) is 10.2 Å². The Balaban J connectivity index is 2.66. The van der Waals surface area contributed by atoms with Crippen molar-refractivity contribution in [3.63, 3.8) is 0 Å². The number of halogens is 1. The Hall–Kier alpha value is -0.970. The maximum Gasteiger partial charge on any atom is 0.123 e. The molecule has 0 aliphatic rings. The summed E-state index contributed by atoms with van der Waals surface area (Å²) >= 11 is 0. The summed E-state index contributed by atoms with van der Waals surface area (Å²) in [5, 5.41) is 13.3. The Morgan fingerprint density at radius 3 is 2.57 bits per heavy atom. The van der Waals surface area contributed by atoms with Crippen LogP contribution in [0.5, 0.6) is 0 Å². The molecule has 2 N–H and O–H groups in total. The zero-order valence-electron chi connectivity index (χ0n) is 13.7. The molecule has 1 aromatic carbocycles. The maximum absolute atomic E-state index is 13.4. The molecule has 0 saturated carbocycles. The van der Waals surface area contributed by atoms with Gasteiger partial charge in [-0.15, -0.1) is 0 Å². The fourth-order valence-corrected chi connectivity index (χ4v) is 2.56. The van der Waals surface area contributed by atoms with Gasteiger partial charge >= 0.3 is 0 Å². The lowest BCUT2D eigenvalue weighted by Gasteiger charge is -2.29. The van der Waals surface area contributed by atoms with Gasteiger partial charge in [0.05, 0.1) is 5.60 Å². The average Bonchev–Trinajstić information content (AvgIpc) is 2.40. The van der Waals surface area contributed by atoms with Crippen LogP contribution in [0.1, 0.15) is 45.7 Å². The Morgan fingerprint density at radius 1 is 1.33 bits per heavy atom. The first-order chi connectivity index (χ1) is 9.85. The number of benzene rings is 1. The van der Waals surface area contributed by atoms with Crippen LogP contribution in [0, 0.1) is 5.82 Å². The summed E-state index contributed by atoms with van der Waals surface area (Å²) in [5.74, 6) is -0.195. The van der Waals surface area contributed by atoms with E-state index in [2.05, 4.69) is 24.1 Å². The van der Waals surface area contributed by atoms with Crippen molar-refractivity contribution in [3.8, 4) is 0 Å². The molecule has 0 saturated heterocycles. The highest BCUT2D eigenvalue weighted by Gasteiger charge is 2.19. The van der Waals surface area contributed by atoms with Crippen molar-refractivity contribution >= 4 is 0 Å². The van der Waals surface area contributed by atoms with Gasteiger partial charge < -0.3 is 15.3 Å². The molecule has 0 fully saturated rings. The monoisotopic (exact) mass is 296 g/mol. The third kappa shape index (κ3) is 7.02. The molecule has 1 unspecified atom stereocenters. The minimum Gasteiger partial charge on any atom is -0.389 e. The van der Waals surface area contributed by atoms with Crippen LogP contribution in [0.25, 0.3) is 0 Å². The first kappa shape index (κ1) is 18.1. The molecule has 0 amide bonds. The van der Waals surface area contributed by atoms with Crippen LogP contribution >= 0.6 is 0 Å². The largest absolute Gasteiger partial charge is 0.389 e. The van der Waals surface area contributed by atoms with Crippen LogP contribution < -0.4 is 5.32 Å². The van der Waals surface area contributed by atoms with Crippen LogP contribution in [0.15, 0.2) is 24.3 Å². The summed E-state index contributed by atoms with van der Waals surface area (Å²) in [5.41, 5.74) is 0.291. The van der Waals surface area contributed by atoms with Crippen molar-refractivity contribution in [2.24, 2.45) is 0 Å². The van der Waals surface area contributed by atoms with E-state index in [1.165, 1.54) is 6.07 Å². The summed E-state index contributed by atoms with van der Waals surface area (Å²) in [6.45, 7) is 11.1. The smallest absolute Gasteiger partial charge is 0.123 e. The average molecular weight is 296 g/mol. The topological polar surface area (TPSA) is 35.5 Å². The zero-order chi connectivity index (χ0) is 15.9. The van der Waals surface area contributed by atoms with Gasteiger partial charge in [0.1, 0.15) is 5.82 Å². The second-order valence-corrected chi connectivity index (χ2v) is 6.14. The number of hydrogen-bond acceptors (Lipinski definition) is 3. The molecule has 21 heavy (non-hydrogen) atoms. The summed E-state index contributed by atoms with van der Waals surface area (Å²) in [7, 11) is 0. The van der Waals surface area contributed by atoms with Gasteiger partial charge in [0, 0.05) is 19.1 Å². The van der Waals surface area contributed by atoms with Gasteiger partial charge in [0.25, 0.3) is 0 Å². The summed E-state index contributed by atoms with van der Waals surface area (Å²) in [6.07, 6.45) is 0.890. The molecule has 1 rings (SSSR count). The second kappa shape index (κ2) is 8.47. The molecule has 0 aliphatic heterocycles. The van der Waals surface area contributed by atoms with E-state index >= 15 is 0 Å². The van der Waals surface area contributed by atoms with Crippen LogP contribution in [0.4, 0.5) is 4.39 Å². The molecule has 0 aromatic heterocycles. The lowest BCUT2D eigenvalue weighted by molar-refractivity contribution is 0.0366. The van der Waals surface area contributed by atoms with Gasteiger partial charge in [-0.25, -0.2) is 4.39 Å². The van der Waals surface area contributed by atoms with E-state index in [1.807, 2.05) is 19.9 Å². The van der Waals surface area contributed by atoms with Crippen LogP contribution in [0.2, 0.25) is 0 Å². The summed E-state index contributed by atoms with van der Waals surface area (Å²) in [6, 6.07) is 6.92. The Labute approximate surface area is 128 Å². The van der Waals surface area contributed by atoms with Gasteiger partial charge in [0.2, 0.25) is 0 Å². The summed E-state index contributed by atoms with van der Waals surface area (Å²) in [4.78, 5) is 2.23. The first-order valence-electron chi connectivity index (χ1n) is 7.79. The standard InChI is InChI=1S/C17H29FN2O/c1-5-19-16(14-8-7-9-15(18)12-14)10-11-20(6-2)13-17(3,4)21/h7-9,12,16,19,21H,5-6,10-11,13H2,1-4H3. The molecule has 0 heterocycles. The van der Waals surface area contributed by atoms with E-state index in [4.69, 9.17) is 0 Å². The second-order valence-electron chi connectivity index (χ2n) is 6.14. The van der Waals surface area contributed by atoms with Crippen molar-refractivity contribution in [3.05, 3.63) is 35.6 Å².